The van der Waals surface area contributed by atoms with E-state index in [-0.39, 0.29) is 5.56 Å². The standard InChI is InChI=1S/C9H9F3N2O2/c10-9(11,12)2-4-14-8(16)6-1-3-13-7(15)5-6/h1,3,5H,2,4H2,(H,13,15)(H,14,16). The van der Waals surface area contributed by atoms with E-state index in [1.807, 2.05) is 0 Å². The highest BCUT2D eigenvalue weighted by Crippen LogP contribution is 2.18. The summed E-state index contributed by atoms with van der Waals surface area (Å²) in [6.07, 6.45) is -4.15. The summed E-state index contributed by atoms with van der Waals surface area (Å²) in [6, 6.07) is 2.33. The summed E-state index contributed by atoms with van der Waals surface area (Å²) < 4.78 is 35.3. The molecule has 16 heavy (non-hydrogen) atoms. The molecule has 1 rings (SSSR count). The van der Waals surface area contributed by atoms with Crippen LogP contribution in [0.25, 0.3) is 0 Å². The van der Waals surface area contributed by atoms with Crippen LogP contribution in [0.3, 0.4) is 0 Å². The minimum Gasteiger partial charge on any atom is -0.352 e. The zero-order valence-corrected chi connectivity index (χ0v) is 8.10. The van der Waals surface area contributed by atoms with Gasteiger partial charge in [0.2, 0.25) is 5.56 Å². The molecule has 4 nitrogen and oxygen atoms in total. The number of H-pyrrole nitrogens is 1. The molecule has 0 atom stereocenters. The van der Waals surface area contributed by atoms with E-state index in [1.54, 1.807) is 0 Å². The smallest absolute Gasteiger partial charge is 0.352 e. The first-order chi connectivity index (χ1) is 7.38. The summed E-state index contributed by atoms with van der Waals surface area (Å²) in [7, 11) is 0. The van der Waals surface area contributed by atoms with Gasteiger partial charge in [-0.15, -0.1) is 0 Å². The van der Waals surface area contributed by atoms with Crippen molar-refractivity contribution in [2.24, 2.45) is 0 Å². The number of carbonyl (C=O) groups is 1. The molecule has 0 aliphatic carbocycles. The van der Waals surface area contributed by atoms with E-state index in [1.165, 1.54) is 12.3 Å². The molecule has 0 fully saturated rings. The predicted octanol–water partition coefficient (Wildman–Crippen LogP) is 1.06. The Bertz CT molecular complexity index is 425. The molecular weight excluding hydrogens is 225 g/mol. The minimum absolute atomic E-state index is 0.0333. The van der Waals surface area contributed by atoms with Crippen molar-refractivity contribution in [3.05, 3.63) is 34.2 Å². The summed E-state index contributed by atoms with van der Waals surface area (Å²) in [5, 5.41) is 2.07. The van der Waals surface area contributed by atoms with Crippen LogP contribution < -0.4 is 10.9 Å². The fourth-order valence-electron chi connectivity index (χ4n) is 1.01. The number of rotatable bonds is 3. The number of pyridine rings is 1. The van der Waals surface area contributed by atoms with Crippen molar-refractivity contribution in [2.75, 3.05) is 6.54 Å². The van der Waals surface area contributed by atoms with Crippen LogP contribution in [-0.4, -0.2) is 23.6 Å². The number of halogens is 3. The van der Waals surface area contributed by atoms with Gasteiger partial charge in [-0.25, -0.2) is 0 Å². The molecule has 0 spiro atoms. The van der Waals surface area contributed by atoms with E-state index in [0.717, 1.165) is 6.07 Å². The van der Waals surface area contributed by atoms with Gasteiger partial charge in [0.05, 0.1) is 6.42 Å². The van der Waals surface area contributed by atoms with Crippen molar-refractivity contribution in [3.8, 4) is 0 Å². The molecular formula is C9H9F3N2O2. The second kappa shape index (κ2) is 4.82. The van der Waals surface area contributed by atoms with Crippen molar-refractivity contribution in [3.63, 3.8) is 0 Å². The number of nitrogens with one attached hydrogen (secondary N) is 2. The highest BCUT2D eigenvalue weighted by atomic mass is 19.4. The lowest BCUT2D eigenvalue weighted by atomic mass is 10.2. The quantitative estimate of drug-likeness (QED) is 0.821. The first-order valence-corrected chi connectivity index (χ1v) is 4.42. The molecule has 0 aromatic carbocycles. The normalized spacial score (nSPS) is 11.2. The Labute approximate surface area is 88.5 Å². The maximum absolute atomic E-state index is 11.8. The van der Waals surface area contributed by atoms with Gasteiger partial charge in [0.25, 0.3) is 5.91 Å². The zero-order valence-electron chi connectivity index (χ0n) is 8.10. The number of amides is 1. The third-order valence-corrected chi connectivity index (χ3v) is 1.73. The molecule has 0 aliphatic rings. The SMILES string of the molecule is O=C(NCCC(F)(F)F)c1cc[nH]c(=O)c1. The Balaban J connectivity index is 2.51. The lowest BCUT2D eigenvalue weighted by molar-refractivity contribution is -0.132. The van der Waals surface area contributed by atoms with Crippen LogP contribution in [0.15, 0.2) is 23.1 Å². The molecule has 0 saturated heterocycles. The zero-order chi connectivity index (χ0) is 12.2. The molecule has 0 bridgehead atoms. The van der Waals surface area contributed by atoms with Crippen LogP contribution in [0.4, 0.5) is 13.2 Å². The Morgan fingerprint density at radius 3 is 2.69 bits per heavy atom. The van der Waals surface area contributed by atoms with Crippen molar-refractivity contribution in [1.82, 2.24) is 10.3 Å². The number of hydrogen-bond acceptors (Lipinski definition) is 2. The second-order valence-electron chi connectivity index (χ2n) is 3.06. The Morgan fingerprint density at radius 2 is 2.12 bits per heavy atom. The number of carbonyl (C=O) groups excluding carboxylic acids is 1. The van der Waals surface area contributed by atoms with Gasteiger partial charge in [-0.05, 0) is 6.07 Å². The lowest BCUT2D eigenvalue weighted by Gasteiger charge is -2.07. The fourth-order valence-corrected chi connectivity index (χ4v) is 1.01. The highest BCUT2D eigenvalue weighted by molar-refractivity contribution is 5.93. The topological polar surface area (TPSA) is 62.0 Å². The van der Waals surface area contributed by atoms with Crippen molar-refractivity contribution in [2.45, 2.75) is 12.6 Å². The molecule has 1 aromatic rings. The van der Waals surface area contributed by atoms with Gasteiger partial charge in [0, 0.05) is 24.4 Å². The van der Waals surface area contributed by atoms with Crippen LogP contribution in [0, 0.1) is 0 Å². The first kappa shape index (κ1) is 12.3. The molecule has 1 amide bonds. The monoisotopic (exact) mass is 234 g/mol. The second-order valence-corrected chi connectivity index (χ2v) is 3.06. The maximum Gasteiger partial charge on any atom is 0.390 e. The number of alkyl halides is 3. The van der Waals surface area contributed by atoms with Gasteiger partial charge in [-0.1, -0.05) is 0 Å². The fraction of sp³-hybridized carbons (Fsp3) is 0.333. The molecule has 0 saturated carbocycles. The predicted molar refractivity (Wildman–Crippen MR) is 50.1 cm³/mol. The summed E-state index contributed by atoms with van der Waals surface area (Å²) in [5.74, 6) is -0.699. The average Bonchev–Trinajstić information content (AvgIpc) is 2.15. The van der Waals surface area contributed by atoms with Crippen LogP contribution in [0.1, 0.15) is 16.8 Å². The molecule has 0 unspecified atom stereocenters. The van der Waals surface area contributed by atoms with Gasteiger partial charge >= 0.3 is 6.18 Å². The number of aromatic nitrogens is 1. The number of aromatic amines is 1. The molecule has 88 valence electrons. The largest absolute Gasteiger partial charge is 0.390 e. The average molecular weight is 234 g/mol. The molecule has 0 radical (unpaired) electrons. The lowest BCUT2D eigenvalue weighted by Crippen LogP contribution is -2.28. The van der Waals surface area contributed by atoms with E-state index < -0.39 is 30.6 Å². The third kappa shape index (κ3) is 4.16. The molecule has 7 heteroatoms. The first-order valence-electron chi connectivity index (χ1n) is 4.42. The Kier molecular flexibility index (Phi) is 3.70. The van der Waals surface area contributed by atoms with E-state index >= 15 is 0 Å². The van der Waals surface area contributed by atoms with Gasteiger partial charge in [0.1, 0.15) is 0 Å². The van der Waals surface area contributed by atoms with E-state index in [9.17, 15) is 22.8 Å². The summed E-state index contributed by atoms with van der Waals surface area (Å²) in [6.45, 7) is -0.505. The highest BCUT2D eigenvalue weighted by Gasteiger charge is 2.26. The molecule has 0 aliphatic heterocycles. The number of hydrogen-bond donors (Lipinski definition) is 2. The van der Waals surface area contributed by atoms with Gasteiger partial charge < -0.3 is 10.3 Å². The van der Waals surface area contributed by atoms with Crippen LogP contribution in [0.2, 0.25) is 0 Å². The van der Waals surface area contributed by atoms with E-state index in [2.05, 4.69) is 10.3 Å². The van der Waals surface area contributed by atoms with Crippen LogP contribution in [0.5, 0.6) is 0 Å². The van der Waals surface area contributed by atoms with Crippen LogP contribution in [-0.2, 0) is 0 Å². The Morgan fingerprint density at radius 1 is 1.44 bits per heavy atom. The summed E-state index contributed by atoms with van der Waals surface area (Å²) in [5.41, 5.74) is -0.450. The molecule has 1 heterocycles. The minimum atomic E-state index is -4.30. The third-order valence-electron chi connectivity index (χ3n) is 1.73. The van der Waals surface area contributed by atoms with Gasteiger partial charge in [-0.3, -0.25) is 9.59 Å². The van der Waals surface area contributed by atoms with Crippen molar-refractivity contribution in [1.29, 1.82) is 0 Å². The van der Waals surface area contributed by atoms with Gasteiger partial charge in [0.15, 0.2) is 0 Å². The van der Waals surface area contributed by atoms with Crippen molar-refractivity contribution >= 4 is 5.91 Å². The molecule has 1 aromatic heterocycles. The van der Waals surface area contributed by atoms with Crippen LogP contribution >= 0.6 is 0 Å². The summed E-state index contributed by atoms with van der Waals surface area (Å²) >= 11 is 0. The summed E-state index contributed by atoms with van der Waals surface area (Å²) in [4.78, 5) is 24.4. The van der Waals surface area contributed by atoms with Gasteiger partial charge in [-0.2, -0.15) is 13.2 Å². The maximum atomic E-state index is 11.8. The molecule has 2 N–H and O–H groups in total. The van der Waals surface area contributed by atoms with E-state index in [0.29, 0.717) is 0 Å². The van der Waals surface area contributed by atoms with Crippen molar-refractivity contribution < 1.29 is 18.0 Å². The Hall–Kier alpha value is -1.79. The van der Waals surface area contributed by atoms with E-state index in [4.69, 9.17) is 0 Å².